The largest absolute Gasteiger partial charge is 0.465 e. The van der Waals surface area contributed by atoms with Gasteiger partial charge in [-0.25, -0.2) is 4.79 Å². The van der Waals surface area contributed by atoms with Crippen LogP contribution in [-0.2, 0) is 19.1 Å². The van der Waals surface area contributed by atoms with Crippen LogP contribution in [0.4, 0.5) is 0 Å². The zero-order valence-corrected chi connectivity index (χ0v) is 9.55. The van der Waals surface area contributed by atoms with Crippen molar-refractivity contribution in [3.8, 4) is 0 Å². The quantitative estimate of drug-likeness (QED) is 0.571. The van der Waals surface area contributed by atoms with Gasteiger partial charge in [-0.15, -0.1) is 0 Å². The zero-order valence-electron chi connectivity index (χ0n) is 9.55. The molecule has 2 aliphatic rings. The maximum atomic E-state index is 11.4. The number of hydrogen-bond acceptors (Lipinski definition) is 5. The average Bonchev–Trinajstić information content (AvgIpc) is 2.69. The molecule has 0 bridgehead atoms. The van der Waals surface area contributed by atoms with E-state index in [0.717, 1.165) is 0 Å². The number of carbonyl (C=O) groups excluding carboxylic acids is 2. The zero-order chi connectivity index (χ0) is 12.4. The van der Waals surface area contributed by atoms with Crippen molar-refractivity contribution < 1.29 is 24.2 Å². The van der Waals surface area contributed by atoms with E-state index < -0.39 is 5.97 Å². The summed E-state index contributed by atoms with van der Waals surface area (Å²) in [7, 11) is 0. The lowest BCUT2D eigenvalue weighted by molar-refractivity contribution is -0.147. The minimum atomic E-state index is -0.554. The summed E-state index contributed by atoms with van der Waals surface area (Å²) in [5, 5.41) is 8.75. The lowest BCUT2D eigenvalue weighted by Gasteiger charge is -2.28. The van der Waals surface area contributed by atoms with Crippen LogP contribution in [0.3, 0.4) is 0 Å². The Hall–Kier alpha value is -1.36. The smallest absolute Gasteiger partial charge is 0.336 e. The molecule has 1 saturated carbocycles. The molecule has 1 aliphatic heterocycles. The van der Waals surface area contributed by atoms with Crippen LogP contribution < -0.4 is 0 Å². The highest BCUT2D eigenvalue weighted by atomic mass is 16.5. The summed E-state index contributed by atoms with van der Waals surface area (Å²) in [5.74, 6) is -0.539. The van der Waals surface area contributed by atoms with Gasteiger partial charge >= 0.3 is 11.9 Å². The second-order valence-corrected chi connectivity index (χ2v) is 4.60. The number of aliphatic hydroxyl groups is 1. The lowest BCUT2D eigenvalue weighted by Crippen LogP contribution is -2.32. The molecule has 0 radical (unpaired) electrons. The molecule has 0 spiro atoms. The van der Waals surface area contributed by atoms with Gasteiger partial charge in [-0.05, 0) is 19.3 Å². The van der Waals surface area contributed by atoms with Crippen LogP contribution in [0, 0.1) is 11.8 Å². The monoisotopic (exact) mass is 240 g/mol. The molecule has 1 N–H and O–H groups in total. The fraction of sp³-hybridized carbons (Fsp3) is 0.667. The van der Waals surface area contributed by atoms with Crippen LogP contribution in [0.25, 0.3) is 0 Å². The second kappa shape index (κ2) is 4.87. The lowest BCUT2D eigenvalue weighted by atomic mass is 9.80. The number of hydrogen-bond donors (Lipinski definition) is 1. The van der Waals surface area contributed by atoms with E-state index in [9.17, 15) is 9.59 Å². The van der Waals surface area contributed by atoms with Gasteiger partial charge in [0.1, 0.15) is 6.10 Å². The summed E-state index contributed by atoms with van der Waals surface area (Å²) in [6.45, 7) is 3.45. The molecule has 1 saturated heterocycles. The number of esters is 2. The number of carbonyl (C=O) groups is 2. The average molecular weight is 240 g/mol. The topological polar surface area (TPSA) is 72.8 Å². The minimum Gasteiger partial charge on any atom is -0.465 e. The van der Waals surface area contributed by atoms with E-state index in [2.05, 4.69) is 6.58 Å². The van der Waals surface area contributed by atoms with E-state index in [1.54, 1.807) is 0 Å². The molecule has 94 valence electrons. The molecule has 0 aromatic rings. The standard InChI is InChI=1S/C12H16O5/c1-7(5-13)11(14)17-9-2-3-10-8(4-9)6-16-12(10)15/h8-10,13H,1-6H2. The minimum absolute atomic E-state index is 0.0222. The molecule has 5 heteroatoms. The van der Waals surface area contributed by atoms with Gasteiger partial charge in [-0.1, -0.05) is 6.58 Å². The predicted molar refractivity (Wildman–Crippen MR) is 57.9 cm³/mol. The first-order valence-electron chi connectivity index (χ1n) is 5.78. The first-order chi connectivity index (χ1) is 8.11. The fourth-order valence-electron chi connectivity index (χ4n) is 2.42. The second-order valence-electron chi connectivity index (χ2n) is 4.60. The molecule has 17 heavy (non-hydrogen) atoms. The highest BCUT2D eigenvalue weighted by Crippen LogP contribution is 2.37. The van der Waals surface area contributed by atoms with Crippen molar-refractivity contribution in [3.05, 3.63) is 12.2 Å². The summed E-state index contributed by atoms with van der Waals surface area (Å²) in [6, 6.07) is 0. The number of rotatable bonds is 3. The SMILES string of the molecule is C=C(CO)C(=O)OC1CCC2C(=O)OCC2C1. The van der Waals surface area contributed by atoms with Gasteiger partial charge in [0, 0.05) is 5.92 Å². The van der Waals surface area contributed by atoms with Crippen molar-refractivity contribution in [1.82, 2.24) is 0 Å². The van der Waals surface area contributed by atoms with Crippen LogP contribution in [0.2, 0.25) is 0 Å². The van der Waals surface area contributed by atoms with E-state index in [-0.39, 0.29) is 36.1 Å². The summed E-state index contributed by atoms with van der Waals surface area (Å²) < 4.78 is 10.2. The molecule has 1 heterocycles. The van der Waals surface area contributed by atoms with Crippen LogP contribution in [-0.4, -0.2) is 36.4 Å². The van der Waals surface area contributed by atoms with Crippen molar-refractivity contribution in [2.75, 3.05) is 13.2 Å². The maximum absolute atomic E-state index is 11.4. The molecule has 0 aromatic heterocycles. The highest BCUT2D eigenvalue weighted by Gasteiger charge is 2.42. The molecule has 3 atom stereocenters. The highest BCUT2D eigenvalue weighted by molar-refractivity contribution is 5.88. The van der Waals surface area contributed by atoms with Crippen molar-refractivity contribution in [1.29, 1.82) is 0 Å². The Kier molecular flexibility index (Phi) is 3.47. The molecule has 5 nitrogen and oxygen atoms in total. The third-order valence-corrected chi connectivity index (χ3v) is 3.43. The number of fused-ring (bicyclic) bond motifs is 1. The molecule has 0 amide bonds. The Bertz CT molecular complexity index is 349. The summed E-state index contributed by atoms with van der Waals surface area (Å²) in [4.78, 5) is 22.7. The Morgan fingerprint density at radius 2 is 2.29 bits per heavy atom. The molecule has 3 unspecified atom stereocenters. The van der Waals surface area contributed by atoms with Gasteiger partial charge in [0.05, 0.1) is 24.7 Å². The normalized spacial score (nSPS) is 31.6. The van der Waals surface area contributed by atoms with Crippen LogP contribution in [0.1, 0.15) is 19.3 Å². The summed E-state index contributed by atoms with van der Waals surface area (Å²) in [5.41, 5.74) is 0.0610. The van der Waals surface area contributed by atoms with Gasteiger partial charge in [-0.3, -0.25) is 4.79 Å². The van der Waals surface area contributed by atoms with E-state index in [1.807, 2.05) is 0 Å². The van der Waals surface area contributed by atoms with Crippen LogP contribution >= 0.6 is 0 Å². The Morgan fingerprint density at radius 1 is 1.53 bits per heavy atom. The molecular formula is C12H16O5. The van der Waals surface area contributed by atoms with E-state index in [4.69, 9.17) is 14.6 Å². The van der Waals surface area contributed by atoms with E-state index >= 15 is 0 Å². The van der Waals surface area contributed by atoms with Gasteiger partial charge in [0.15, 0.2) is 0 Å². The van der Waals surface area contributed by atoms with Crippen molar-refractivity contribution in [3.63, 3.8) is 0 Å². The third-order valence-electron chi connectivity index (χ3n) is 3.43. The summed E-state index contributed by atoms with van der Waals surface area (Å²) >= 11 is 0. The number of ether oxygens (including phenoxy) is 2. The predicted octanol–water partition coefficient (Wildman–Crippen LogP) is 0.420. The fourth-order valence-corrected chi connectivity index (χ4v) is 2.42. The number of cyclic esters (lactones) is 1. The Morgan fingerprint density at radius 3 is 3.00 bits per heavy atom. The number of aliphatic hydroxyl groups excluding tert-OH is 1. The summed E-state index contributed by atoms with van der Waals surface area (Å²) in [6.07, 6.45) is 1.83. The van der Waals surface area contributed by atoms with Gasteiger partial charge < -0.3 is 14.6 Å². The van der Waals surface area contributed by atoms with Crippen LogP contribution in [0.5, 0.6) is 0 Å². The molecule has 1 aliphatic carbocycles. The molecule has 0 aromatic carbocycles. The van der Waals surface area contributed by atoms with Gasteiger partial charge in [-0.2, -0.15) is 0 Å². The van der Waals surface area contributed by atoms with Gasteiger partial charge in [0.25, 0.3) is 0 Å². The van der Waals surface area contributed by atoms with Crippen molar-refractivity contribution >= 4 is 11.9 Å². The maximum Gasteiger partial charge on any atom is 0.336 e. The van der Waals surface area contributed by atoms with Gasteiger partial charge in [0.2, 0.25) is 0 Å². The first-order valence-corrected chi connectivity index (χ1v) is 5.78. The molecule has 2 rings (SSSR count). The van der Waals surface area contributed by atoms with E-state index in [1.165, 1.54) is 0 Å². The molecule has 2 fully saturated rings. The Balaban J connectivity index is 1.87. The van der Waals surface area contributed by atoms with Crippen molar-refractivity contribution in [2.45, 2.75) is 25.4 Å². The Labute approximate surface area is 99.4 Å². The van der Waals surface area contributed by atoms with E-state index in [0.29, 0.717) is 25.9 Å². The third kappa shape index (κ3) is 2.49. The first kappa shape index (κ1) is 12.1. The molecular weight excluding hydrogens is 224 g/mol. The van der Waals surface area contributed by atoms with Crippen molar-refractivity contribution in [2.24, 2.45) is 11.8 Å². The van der Waals surface area contributed by atoms with Crippen LogP contribution in [0.15, 0.2) is 12.2 Å².